The fraction of sp³-hybridized carbons (Fsp3) is 0.385. The highest BCUT2D eigenvalue weighted by Gasteiger charge is 2.33. The Labute approximate surface area is 198 Å². The van der Waals surface area contributed by atoms with Crippen LogP contribution in [0.25, 0.3) is 5.00 Å². The lowest BCUT2D eigenvalue weighted by atomic mass is 9.98. The Balaban J connectivity index is 1.90. The average Bonchev–Trinajstić information content (AvgIpc) is 3.20. The molecule has 0 amide bonds. The number of ether oxygens (including phenoxy) is 1. The van der Waals surface area contributed by atoms with Gasteiger partial charge in [0.2, 0.25) is 0 Å². The van der Waals surface area contributed by atoms with Crippen molar-refractivity contribution >= 4 is 23.0 Å². The maximum absolute atomic E-state index is 12.8. The van der Waals surface area contributed by atoms with Crippen molar-refractivity contribution in [2.45, 2.75) is 66.5 Å². The van der Waals surface area contributed by atoms with E-state index in [9.17, 15) is 4.79 Å². The molecule has 0 aliphatic carbocycles. The number of benzene rings is 1. The van der Waals surface area contributed by atoms with Gasteiger partial charge in [0.1, 0.15) is 22.5 Å². The number of rotatable bonds is 3. The van der Waals surface area contributed by atoms with Gasteiger partial charge in [-0.25, -0.2) is 0 Å². The first-order valence-corrected chi connectivity index (χ1v) is 11.8. The highest BCUT2D eigenvalue weighted by atomic mass is 32.1. The van der Waals surface area contributed by atoms with Gasteiger partial charge in [0.05, 0.1) is 12.1 Å². The normalized spacial score (nSPS) is 15.0. The van der Waals surface area contributed by atoms with Crippen molar-refractivity contribution in [3.05, 3.63) is 63.0 Å². The summed E-state index contributed by atoms with van der Waals surface area (Å²) in [6, 6.07) is 7.57. The predicted octanol–water partition coefficient (Wildman–Crippen LogP) is 5.25. The van der Waals surface area contributed by atoms with Gasteiger partial charge in [0.15, 0.2) is 5.82 Å². The third-order valence-corrected chi connectivity index (χ3v) is 6.64. The molecule has 0 saturated carbocycles. The summed E-state index contributed by atoms with van der Waals surface area (Å²) in [5, 5.41) is 9.79. The van der Waals surface area contributed by atoms with Crippen LogP contribution in [0, 0.1) is 32.6 Å². The van der Waals surface area contributed by atoms with E-state index in [2.05, 4.69) is 35.9 Å². The van der Waals surface area contributed by atoms with Gasteiger partial charge < -0.3 is 4.74 Å². The smallest absolute Gasteiger partial charge is 0.308 e. The average molecular weight is 461 g/mol. The SMILES string of the molecule is CC#Cc1ccc(C2=N[C@H](CC(=O)OC(C)(C)C)c3nnc(C)n3-c3sc(C)c(C)c32)cc1. The molecule has 170 valence electrons. The lowest BCUT2D eigenvalue weighted by Crippen LogP contribution is -2.25. The monoisotopic (exact) mass is 460 g/mol. The van der Waals surface area contributed by atoms with Crippen LogP contribution in [0.2, 0.25) is 0 Å². The Bertz CT molecular complexity index is 1310. The first-order chi connectivity index (χ1) is 15.6. The minimum atomic E-state index is -0.569. The zero-order valence-electron chi connectivity index (χ0n) is 20.1. The molecule has 0 bridgehead atoms. The topological polar surface area (TPSA) is 69.4 Å². The third-order valence-electron chi connectivity index (χ3n) is 5.45. The van der Waals surface area contributed by atoms with E-state index >= 15 is 0 Å². The summed E-state index contributed by atoms with van der Waals surface area (Å²) in [7, 11) is 0. The molecule has 0 fully saturated rings. The molecular formula is C26H28N4O2S. The number of nitrogens with zero attached hydrogens (tertiary/aromatic N) is 4. The van der Waals surface area contributed by atoms with Gasteiger partial charge in [-0.3, -0.25) is 14.4 Å². The van der Waals surface area contributed by atoms with Crippen LogP contribution < -0.4 is 0 Å². The highest BCUT2D eigenvalue weighted by molar-refractivity contribution is 7.15. The molecule has 6 nitrogen and oxygen atoms in total. The molecule has 33 heavy (non-hydrogen) atoms. The van der Waals surface area contributed by atoms with Crippen LogP contribution in [-0.2, 0) is 9.53 Å². The number of hydrogen-bond donors (Lipinski definition) is 0. The lowest BCUT2D eigenvalue weighted by Gasteiger charge is -2.21. The molecule has 0 saturated heterocycles. The number of thiophene rings is 1. The number of hydrogen-bond acceptors (Lipinski definition) is 6. The standard InChI is InChI=1S/C26H28N4O2S/c1-8-9-18-10-12-19(13-11-18)23-22-15(2)16(3)33-25(22)30-17(4)28-29-24(30)20(27-23)14-21(31)32-26(5,6)7/h10-13,20H,14H2,1-7H3/t20-/m1/s1. The van der Waals surface area contributed by atoms with Crippen molar-refractivity contribution in [1.29, 1.82) is 0 Å². The number of carbonyl (C=O) groups excluding carboxylic acids is 1. The molecule has 7 heteroatoms. The quantitative estimate of drug-likeness (QED) is 0.395. The lowest BCUT2D eigenvalue weighted by molar-refractivity contribution is -0.155. The fourth-order valence-corrected chi connectivity index (χ4v) is 5.14. The Morgan fingerprint density at radius 1 is 1.15 bits per heavy atom. The molecule has 4 rings (SSSR count). The summed E-state index contributed by atoms with van der Waals surface area (Å²) in [5.74, 6) is 7.14. The van der Waals surface area contributed by atoms with Gasteiger partial charge in [-0.15, -0.1) is 27.5 Å². The first-order valence-electron chi connectivity index (χ1n) is 10.9. The van der Waals surface area contributed by atoms with E-state index in [4.69, 9.17) is 9.73 Å². The van der Waals surface area contributed by atoms with Crippen molar-refractivity contribution in [3.8, 4) is 16.8 Å². The van der Waals surface area contributed by atoms with Crippen LogP contribution in [0.3, 0.4) is 0 Å². The highest BCUT2D eigenvalue weighted by Crippen LogP contribution is 2.39. The molecule has 0 spiro atoms. The van der Waals surface area contributed by atoms with Crippen LogP contribution >= 0.6 is 11.3 Å². The van der Waals surface area contributed by atoms with E-state index in [0.29, 0.717) is 5.82 Å². The van der Waals surface area contributed by atoms with Gasteiger partial charge in [0, 0.05) is 21.6 Å². The van der Waals surface area contributed by atoms with E-state index in [1.807, 2.05) is 63.5 Å². The Morgan fingerprint density at radius 3 is 2.48 bits per heavy atom. The van der Waals surface area contributed by atoms with Gasteiger partial charge in [-0.05, 0) is 66.2 Å². The van der Waals surface area contributed by atoms with Crippen molar-refractivity contribution in [3.63, 3.8) is 0 Å². The van der Waals surface area contributed by atoms with Gasteiger partial charge in [0.25, 0.3) is 0 Å². The molecule has 0 radical (unpaired) electrons. The number of aliphatic imine (C=N–C) groups is 1. The fourth-order valence-electron chi connectivity index (χ4n) is 3.92. The van der Waals surface area contributed by atoms with Gasteiger partial charge in [-0.2, -0.15) is 0 Å². The number of esters is 1. The second kappa shape index (κ2) is 8.60. The molecule has 1 aliphatic rings. The van der Waals surface area contributed by atoms with E-state index in [-0.39, 0.29) is 12.4 Å². The van der Waals surface area contributed by atoms with Gasteiger partial charge in [-0.1, -0.05) is 18.1 Å². The first kappa shape index (κ1) is 22.9. The van der Waals surface area contributed by atoms with Crippen molar-refractivity contribution < 1.29 is 9.53 Å². The Morgan fingerprint density at radius 2 is 1.85 bits per heavy atom. The van der Waals surface area contributed by atoms with E-state index in [0.717, 1.165) is 33.2 Å². The van der Waals surface area contributed by atoms with Crippen molar-refractivity contribution in [2.24, 2.45) is 4.99 Å². The van der Waals surface area contributed by atoms with Crippen LogP contribution in [0.1, 0.15) is 78.9 Å². The minimum absolute atomic E-state index is 0.0886. The summed E-state index contributed by atoms with van der Waals surface area (Å²) < 4.78 is 7.65. The van der Waals surface area contributed by atoms with E-state index < -0.39 is 11.6 Å². The molecule has 0 unspecified atom stereocenters. The molecule has 0 N–H and O–H groups in total. The van der Waals surface area contributed by atoms with Crippen molar-refractivity contribution in [2.75, 3.05) is 0 Å². The molecule has 1 aromatic carbocycles. The molecule has 1 atom stereocenters. The van der Waals surface area contributed by atoms with E-state index in [1.54, 1.807) is 11.3 Å². The second-order valence-electron chi connectivity index (χ2n) is 9.14. The molecular weight excluding hydrogens is 432 g/mol. The van der Waals surface area contributed by atoms with Crippen LogP contribution in [0.15, 0.2) is 29.3 Å². The van der Waals surface area contributed by atoms with Crippen LogP contribution in [0.5, 0.6) is 0 Å². The van der Waals surface area contributed by atoms with Crippen LogP contribution in [0.4, 0.5) is 0 Å². The second-order valence-corrected chi connectivity index (χ2v) is 10.3. The van der Waals surface area contributed by atoms with E-state index in [1.165, 1.54) is 10.4 Å². The largest absolute Gasteiger partial charge is 0.460 e. The molecule has 3 heterocycles. The number of aromatic nitrogens is 3. The van der Waals surface area contributed by atoms with Gasteiger partial charge >= 0.3 is 5.97 Å². The summed E-state index contributed by atoms with van der Waals surface area (Å²) in [5.41, 5.74) is 4.43. The van der Waals surface area contributed by atoms with Crippen molar-refractivity contribution in [1.82, 2.24) is 14.8 Å². The summed E-state index contributed by atoms with van der Waals surface area (Å²) in [6.07, 6.45) is 0.0886. The number of carbonyl (C=O) groups is 1. The maximum Gasteiger partial charge on any atom is 0.308 e. The van der Waals surface area contributed by atoms with Crippen LogP contribution in [-0.4, -0.2) is 32.0 Å². The number of aryl methyl sites for hydroxylation is 2. The predicted molar refractivity (Wildman–Crippen MR) is 131 cm³/mol. The summed E-state index contributed by atoms with van der Waals surface area (Å²) >= 11 is 1.70. The number of fused-ring (bicyclic) bond motifs is 3. The zero-order chi connectivity index (χ0) is 23.9. The summed E-state index contributed by atoms with van der Waals surface area (Å²) in [6.45, 7) is 13.6. The molecule has 3 aromatic rings. The Kier molecular flexibility index (Phi) is 5.98. The summed E-state index contributed by atoms with van der Waals surface area (Å²) in [4.78, 5) is 19.1. The maximum atomic E-state index is 12.8. The third kappa shape index (κ3) is 4.49. The molecule has 2 aromatic heterocycles. The molecule has 1 aliphatic heterocycles. The Hall–Kier alpha value is -3.24. The minimum Gasteiger partial charge on any atom is -0.460 e. The zero-order valence-corrected chi connectivity index (χ0v) is 20.9.